The minimum atomic E-state index is -2.21. The van der Waals surface area contributed by atoms with E-state index in [-0.39, 0.29) is 42.8 Å². The minimum Gasteiger partial charge on any atom is -0.502 e. The third kappa shape index (κ3) is 6.86. The molecular weight excluding hydrogens is 695 g/mol. The Bertz CT molecular complexity index is 2040. The Morgan fingerprint density at radius 1 is 0.905 bits per heavy atom. The van der Waals surface area contributed by atoms with Crippen molar-refractivity contribution in [2.75, 3.05) is 0 Å². The van der Waals surface area contributed by atoms with Crippen LogP contribution in [0.15, 0.2) is 95.8 Å². The van der Waals surface area contributed by atoms with Crippen molar-refractivity contribution in [2.45, 2.75) is 52.1 Å². The van der Waals surface area contributed by atoms with Crippen LogP contribution in [0.3, 0.4) is 0 Å². The Labute approximate surface area is 276 Å². The summed E-state index contributed by atoms with van der Waals surface area (Å²) in [5.74, 6) is 1.10. The molecule has 0 saturated heterocycles. The predicted molar refractivity (Wildman–Crippen MR) is 165 cm³/mol. The van der Waals surface area contributed by atoms with Gasteiger partial charge in [-0.05, 0) is 85.7 Å². The molecular formula is C37H35IrN3O-2. The summed E-state index contributed by atoms with van der Waals surface area (Å²) in [6, 6.07) is 26.0. The van der Waals surface area contributed by atoms with Crippen LogP contribution in [-0.2, 0) is 20.1 Å². The van der Waals surface area contributed by atoms with Gasteiger partial charge < -0.3 is 9.40 Å². The van der Waals surface area contributed by atoms with E-state index in [1.807, 2.05) is 18.3 Å². The van der Waals surface area contributed by atoms with Gasteiger partial charge in [0.05, 0.1) is 0 Å². The van der Waals surface area contributed by atoms with E-state index in [0.717, 1.165) is 28.7 Å². The van der Waals surface area contributed by atoms with Gasteiger partial charge in [-0.2, -0.15) is 18.2 Å². The maximum absolute atomic E-state index is 8.57. The Morgan fingerprint density at radius 2 is 1.83 bits per heavy atom. The average molecular weight is 740 g/mol. The van der Waals surface area contributed by atoms with E-state index < -0.39 is 20.6 Å². The van der Waals surface area contributed by atoms with Crippen LogP contribution < -0.4 is 0 Å². The zero-order valence-corrected chi connectivity index (χ0v) is 25.1. The van der Waals surface area contributed by atoms with Crippen molar-refractivity contribution in [1.82, 2.24) is 15.0 Å². The zero-order valence-electron chi connectivity index (χ0n) is 32.7. The van der Waals surface area contributed by atoms with Crippen LogP contribution in [0, 0.1) is 44.5 Å². The van der Waals surface area contributed by atoms with E-state index in [1.165, 1.54) is 49.7 Å². The van der Waals surface area contributed by atoms with Crippen LogP contribution in [0.5, 0.6) is 0 Å². The minimum absolute atomic E-state index is 0. The quantitative estimate of drug-likeness (QED) is 0.166. The molecule has 2 aliphatic rings. The fraction of sp³-hybridized carbons (Fsp3) is 0.270. The number of rotatable bonds is 2. The first-order chi connectivity index (χ1) is 24.0. The zero-order chi connectivity index (χ0) is 36.6. The first-order valence-electron chi connectivity index (χ1n) is 18.6. The van der Waals surface area contributed by atoms with E-state index >= 15 is 0 Å². The molecule has 0 amide bonds. The molecule has 2 bridgehead atoms. The fourth-order valence-electron chi connectivity index (χ4n) is 5.65. The molecule has 0 aliphatic heterocycles. The molecule has 3 unspecified atom stereocenters. The van der Waals surface area contributed by atoms with Crippen molar-refractivity contribution >= 4 is 22.1 Å². The smallest absolute Gasteiger partial charge is 0.212 e. The van der Waals surface area contributed by atoms with Gasteiger partial charge in [0.2, 0.25) is 5.71 Å². The van der Waals surface area contributed by atoms with Crippen molar-refractivity contribution in [3.63, 3.8) is 0 Å². The van der Waals surface area contributed by atoms with Gasteiger partial charge in [-0.15, -0.1) is 41.5 Å². The summed E-state index contributed by atoms with van der Waals surface area (Å²) in [6.07, 6.45) is 9.91. The normalized spacial score (nSPS) is 24.7. The van der Waals surface area contributed by atoms with Crippen molar-refractivity contribution < 1.29 is 38.2 Å². The molecule has 8 rings (SSSR count). The predicted octanol–water partition coefficient (Wildman–Crippen LogP) is 9.24. The van der Waals surface area contributed by atoms with Crippen molar-refractivity contribution in [3.05, 3.63) is 126 Å². The molecule has 215 valence electrons. The second kappa shape index (κ2) is 13.5. The second-order valence-corrected chi connectivity index (χ2v) is 10.3. The van der Waals surface area contributed by atoms with Gasteiger partial charge in [-0.3, -0.25) is 4.98 Å². The maximum Gasteiger partial charge on any atom is 0.212 e. The number of aromatic nitrogens is 3. The molecule has 6 aromatic rings. The molecule has 2 aromatic carbocycles. The molecule has 3 atom stereocenters. The molecule has 1 radical (unpaired) electrons. The van der Waals surface area contributed by atoms with Gasteiger partial charge in [0, 0.05) is 69.1 Å². The number of aryl methyl sites for hydroxylation is 3. The molecule has 0 spiro atoms. The summed E-state index contributed by atoms with van der Waals surface area (Å²) in [5.41, 5.74) is 3.75. The van der Waals surface area contributed by atoms with Crippen LogP contribution in [0.25, 0.3) is 33.3 Å². The third-order valence-electron chi connectivity index (χ3n) is 7.61. The summed E-state index contributed by atoms with van der Waals surface area (Å²) in [6.45, 7) is -6.55. The molecule has 5 heteroatoms. The van der Waals surface area contributed by atoms with Crippen LogP contribution in [0.4, 0.5) is 0 Å². The average Bonchev–Trinajstić information content (AvgIpc) is 3.81. The summed E-state index contributed by atoms with van der Waals surface area (Å²) in [5, 5.41) is 1.74. The number of pyridine rings is 3. The SMILES string of the molecule is [2H]C([2H])([2H])c1c[c-]c(-c2ccc(C([2H])([2H])[2H])cn2)cc1.[2H]C([2H])([2H])c1ccc2c(n1)oc1c[c-]ccc12.[2H]C1(c2cccnc2)CC2CCC1C2.[Ir]. The van der Waals surface area contributed by atoms with Crippen LogP contribution in [0.2, 0.25) is 0 Å². The molecule has 4 nitrogen and oxygen atoms in total. The molecule has 4 heterocycles. The van der Waals surface area contributed by atoms with E-state index in [2.05, 4.69) is 33.2 Å². The Kier molecular flexibility index (Phi) is 6.29. The number of nitrogens with zero attached hydrogens (tertiary/aromatic N) is 3. The van der Waals surface area contributed by atoms with Gasteiger partial charge in [-0.25, -0.2) is 4.98 Å². The number of hydrogen-bond acceptors (Lipinski definition) is 4. The maximum atomic E-state index is 8.57. The van der Waals surface area contributed by atoms with Crippen LogP contribution in [0.1, 0.15) is 67.7 Å². The fourth-order valence-corrected chi connectivity index (χ4v) is 5.65. The van der Waals surface area contributed by atoms with E-state index in [0.29, 0.717) is 28.5 Å². The standard InChI is InChI=1S/C13H12N.C12H8NO.C12H15N.Ir/c1-10-3-6-12(7-4-10)13-8-5-11(2)9-14-13;1-8-6-7-10-9-4-2-3-5-11(9)14-12(10)13-8;1-2-11(8-13-5-1)12-7-9-3-4-10(12)6-9;/h3-6,8-9H,1-2H3;2,4-7H,1H3;1-2,5,8-10,12H,3-4,6-7H2;/q2*-1;;/i1D3,2D3;1D3;12D;. The van der Waals surface area contributed by atoms with Crippen molar-refractivity contribution in [1.29, 1.82) is 0 Å². The van der Waals surface area contributed by atoms with Crippen molar-refractivity contribution in [2.24, 2.45) is 11.8 Å². The number of benzene rings is 2. The Morgan fingerprint density at radius 3 is 2.52 bits per heavy atom. The largest absolute Gasteiger partial charge is 0.502 e. The summed E-state index contributed by atoms with van der Waals surface area (Å²) in [4.78, 5) is 12.3. The number of hydrogen-bond donors (Lipinski definition) is 0. The number of fused-ring (bicyclic) bond motifs is 5. The second-order valence-electron chi connectivity index (χ2n) is 10.3. The molecule has 4 aromatic heterocycles. The van der Waals surface area contributed by atoms with Crippen LogP contribution in [-0.4, -0.2) is 15.0 Å². The van der Waals surface area contributed by atoms with Crippen molar-refractivity contribution in [3.8, 4) is 11.3 Å². The molecule has 2 aliphatic carbocycles. The van der Waals surface area contributed by atoms with Crippen LogP contribution >= 0.6 is 0 Å². The monoisotopic (exact) mass is 740 g/mol. The first kappa shape index (κ1) is 19.5. The van der Waals surface area contributed by atoms with E-state index in [4.69, 9.17) is 18.1 Å². The molecule has 0 N–H and O–H groups in total. The molecule has 2 fully saturated rings. The summed E-state index contributed by atoms with van der Waals surface area (Å²) in [7, 11) is 0. The topological polar surface area (TPSA) is 51.8 Å². The first-order valence-corrected chi connectivity index (χ1v) is 13.6. The third-order valence-corrected chi connectivity index (χ3v) is 7.61. The Hall–Kier alpha value is -3.66. The molecule has 42 heavy (non-hydrogen) atoms. The summed E-state index contributed by atoms with van der Waals surface area (Å²) < 4.78 is 79.6. The van der Waals surface area contributed by atoms with Gasteiger partial charge in [0.15, 0.2) is 0 Å². The van der Waals surface area contributed by atoms with E-state index in [9.17, 15) is 0 Å². The van der Waals surface area contributed by atoms with Gasteiger partial charge >= 0.3 is 0 Å². The van der Waals surface area contributed by atoms with Gasteiger partial charge in [-0.1, -0.05) is 36.9 Å². The van der Waals surface area contributed by atoms with Gasteiger partial charge in [0.25, 0.3) is 0 Å². The van der Waals surface area contributed by atoms with Gasteiger partial charge in [0.1, 0.15) is 0 Å². The summed E-state index contributed by atoms with van der Waals surface area (Å²) >= 11 is 0. The molecule has 2 saturated carbocycles. The Balaban J connectivity index is 0.000000151. The van der Waals surface area contributed by atoms with E-state index in [1.54, 1.807) is 36.5 Å². The number of furan rings is 1.